The van der Waals surface area contributed by atoms with E-state index in [1.54, 1.807) is 24.3 Å². The van der Waals surface area contributed by atoms with E-state index in [1.807, 2.05) is 0 Å². The molecule has 21 heavy (non-hydrogen) atoms. The third-order valence-corrected chi connectivity index (χ3v) is 3.02. The molecule has 2 N–H and O–H groups in total. The van der Waals surface area contributed by atoms with Crippen LogP contribution < -0.4 is 5.32 Å². The Hall–Kier alpha value is -2.27. The van der Waals surface area contributed by atoms with Crippen molar-refractivity contribution in [3.8, 4) is 0 Å². The van der Waals surface area contributed by atoms with E-state index in [0.29, 0.717) is 12.1 Å². The summed E-state index contributed by atoms with van der Waals surface area (Å²) < 4.78 is 26.5. The van der Waals surface area contributed by atoms with Crippen molar-refractivity contribution in [3.63, 3.8) is 0 Å². The first kappa shape index (κ1) is 15.1. The molecule has 0 unspecified atom stereocenters. The van der Waals surface area contributed by atoms with Gasteiger partial charge in [-0.2, -0.15) is 0 Å². The molecule has 0 saturated heterocycles. The van der Waals surface area contributed by atoms with Crippen molar-refractivity contribution in [2.45, 2.75) is 12.8 Å². The molecular weight excluding hydrogens is 276 g/mol. The van der Waals surface area contributed by atoms with Crippen molar-refractivity contribution in [3.05, 3.63) is 65.2 Å². The van der Waals surface area contributed by atoms with E-state index in [4.69, 9.17) is 5.11 Å². The Balaban J connectivity index is 1.99. The first-order chi connectivity index (χ1) is 10.1. The highest BCUT2D eigenvalue weighted by Gasteiger charge is 2.11. The normalized spacial score (nSPS) is 10.4. The van der Waals surface area contributed by atoms with E-state index in [0.717, 1.165) is 11.6 Å². The molecule has 110 valence electrons. The molecule has 2 rings (SSSR count). The van der Waals surface area contributed by atoms with Crippen LogP contribution in [0.4, 0.5) is 14.5 Å². The number of benzene rings is 2. The standard InChI is InChI=1S/C16H15F2NO2/c17-14-3-1-2-12(16(14)18)10-15(21)19-13-6-4-11(5-7-13)8-9-20/h1-7,20H,8-10H2,(H,19,21). The van der Waals surface area contributed by atoms with Crippen LogP contribution >= 0.6 is 0 Å². The van der Waals surface area contributed by atoms with E-state index in [1.165, 1.54) is 12.1 Å². The number of aliphatic hydroxyl groups excluding tert-OH is 1. The zero-order valence-corrected chi connectivity index (χ0v) is 11.3. The van der Waals surface area contributed by atoms with Gasteiger partial charge in [-0.1, -0.05) is 24.3 Å². The lowest BCUT2D eigenvalue weighted by atomic mass is 10.1. The predicted molar refractivity (Wildman–Crippen MR) is 75.9 cm³/mol. The molecule has 0 atom stereocenters. The van der Waals surface area contributed by atoms with E-state index in [9.17, 15) is 13.6 Å². The van der Waals surface area contributed by atoms with Crippen molar-refractivity contribution in [1.82, 2.24) is 0 Å². The second-order valence-electron chi connectivity index (χ2n) is 4.61. The number of halogens is 2. The molecule has 5 heteroatoms. The number of amides is 1. The molecule has 2 aromatic carbocycles. The van der Waals surface area contributed by atoms with Crippen molar-refractivity contribution >= 4 is 11.6 Å². The Bertz CT molecular complexity index is 627. The summed E-state index contributed by atoms with van der Waals surface area (Å²) in [6.45, 7) is 0.0601. The summed E-state index contributed by atoms with van der Waals surface area (Å²) in [6, 6.07) is 10.7. The van der Waals surface area contributed by atoms with Crippen LogP contribution in [-0.4, -0.2) is 17.6 Å². The summed E-state index contributed by atoms with van der Waals surface area (Å²) in [7, 11) is 0. The highest BCUT2D eigenvalue weighted by Crippen LogP contribution is 2.14. The number of hydrogen-bond donors (Lipinski definition) is 2. The van der Waals surface area contributed by atoms with Crippen LogP contribution in [0.1, 0.15) is 11.1 Å². The zero-order chi connectivity index (χ0) is 15.2. The van der Waals surface area contributed by atoms with E-state index in [2.05, 4.69) is 5.32 Å². The summed E-state index contributed by atoms with van der Waals surface area (Å²) in [4.78, 5) is 11.8. The lowest BCUT2D eigenvalue weighted by molar-refractivity contribution is -0.115. The van der Waals surface area contributed by atoms with Gasteiger partial charge in [0.1, 0.15) is 0 Å². The monoisotopic (exact) mass is 291 g/mol. The molecule has 3 nitrogen and oxygen atoms in total. The maximum Gasteiger partial charge on any atom is 0.228 e. The fourth-order valence-corrected chi connectivity index (χ4v) is 1.95. The molecule has 2 aromatic rings. The largest absolute Gasteiger partial charge is 0.396 e. The van der Waals surface area contributed by atoms with Gasteiger partial charge in [0, 0.05) is 17.9 Å². The van der Waals surface area contributed by atoms with Crippen molar-refractivity contribution in [2.24, 2.45) is 0 Å². The summed E-state index contributed by atoms with van der Waals surface area (Å²) in [5.41, 5.74) is 1.54. The second kappa shape index (κ2) is 6.95. The number of carbonyl (C=O) groups is 1. The van der Waals surface area contributed by atoms with Gasteiger partial charge < -0.3 is 10.4 Å². The fourth-order valence-electron chi connectivity index (χ4n) is 1.95. The van der Waals surface area contributed by atoms with Crippen LogP contribution in [-0.2, 0) is 17.6 Å². The maximum absolute atomic E-state index is 13.5. The molecule has 0 radical (unpaired) electrons. The lowest BCUT2D eigenvalue weighted by Crippen LogP contribution is -2.15. The molecule has 0 bridgehead atoms. The van der Waals surface area contributed by atoms with Crippen LogP contribution in [0.25, 0.3) is 0 Å². The second-order valence-corrected chi connectivity index (χ2v) is 4.61. The molecule has 1 amide bonds. The van der Waals surface area contributed by atoms with Crippen molar-refractivity contribution in [2.75, 3.05) is 11.9 Å². The smallest absolute Gasteiger partial charge is 0.228 e. The first-order valence-electron chi connectivity index (χ1n) is 6.52. The van der Waals surface area contributed by atoms with Crippen LogP contribution in [0.2, 0.25) is 0 Å². The molecule has 0 aliphatic carbocycles. The summed E-state index contributed by atoms with van der Waals surface area (Å²) in [5, 5.41) is 11.4. The minimum Gasteiger partial charge on any atom is -0.396 e. The van der Waals surface area contributed by atoms with Crippen LogP contribution in [0, 0.1) is 11.6 Å². The summed E-state index contributed by atoms with van der Waals surface area (Å²) in [6.07, 6.45) is 0.310. The molecule has 0 aliphatic heterocycles. The Kier molecular flexibility index (Phi) is 5.00. The number of nitrogens with one attached hydrogen (secondary N) is 1. The Morgan fingerprint density at radius 2 is 1.81 bits per heavy atom. The van der Waals surface area contributed by atoms with E-state index < -0.39 is 17.5 Å². The first-order valence-corrected chi connectivity index (χ1v) is 6.52. The highest BCUT2D eigenvalue weighted by molar-refractivity contribution is 5.92. The topological polar surface area (TPSA) is 49.3 Å². The van der Waals surface area contributed by atoms with Gasteiger partial charge in [0.15, 0.2) is 11.6 Å². The van der Waals surface area contributed by atoms with Gasteiger partial charge in [0.05, 0.1) is 6.42 Å². The molecule has 0 heterocycles. The molecular formula is C16H15F2NO2. The van der Waals surface area contributed by atoms with Gasteiger partial charge in [0.25, 0.3) is 0 Å². The average molecular weight is 291 g/mol. The van der Waals surface area contributed by atoms with Gasteiger partial charge in [-0.25, -0.2) is 8.78 Å². The van der Waals surface area contributed by atoms with Crippen molar-refractivity contribution < 1.29 is 18.7 Å². The number of rotatable bonds is 5. The molecule has 0 fully saturated rings. The maximum atomic E-state index is 13.5. The lowest BCUT2D eigenvalue weighted by Gasteiger charge is -2.07. The van der Waals surface area contributed by atoms with Crippen LogP contribution in [0.15, 0.2) is 42.5 Å². The van der Waals surface area contributed by atoms with Gasteiger partial charge in [0.2, 0.25) is 5.91 Å². The number of carbonyl (C=O) groups excluding carboxylic acids is 1. The van der Waals surface area contributed by atoms with Crippen LogP contribution in [0.5, 0.6) is 0 Å². The van der Waals surface area contributed by atoms with Gasteiger partial charge in [-0.3, -0.25) is 4.79 Å². The van der Waals surface area contributed by atoms with Gasteiger partial charge in [-0.15, -0.1) is 0 Å². The number of aliphatic hydroxyl groups is 1. The quantitative estimate of drug-likeness (QED) is 0.890. The van der Waals surface area contributed by atoms with E-state index >= 15 is 0 Å². The summed E-state index contributed by atoms with van der Waals surface area (Å²) in [5.74, 6) is -2.38. The van der Waals surface area contributed by atoms with Crippen molar-refractivity contribution in [1.29, 1.82) is 0 Å². The predicted octanol–water partition coefficient (Wildman–Crippen LogP) is 2.68. The van der Waals surface area contributed by atoms with Crippen LogP contribution in [0.3, 0.4) is 0 Å². The number of hydrogen-bond acceptors (Lipinski definition) is 2. The zero-order valence-electron chi connectivity index (χ0n) is 11.3. The fraction of sp³-hybridized carbons (Fsp3) is 0.188. The number of anilines is 1. The minimum absolute atomic E-state index is 0.0180. The molecule has 0 aliphatic rings. The third-order valence-electron chi connectivity index (χ3n) is 3.02. The Labute approximate surface area is 121 Å². The highest BCUT2D eigenvalue weighted by atomic mass is 19.2. The van der Waals surface area contributed by atoms with E-state index in [-0.39, 0.29) is 18.6 Å². The summed E-state index contributed by atoms with van der Waals surface area (Å²) >= 11 is 0. The third kappa shape index (κ3) is 4.10. The Morgan fingerprint density at radius 1 is 1.10 bits per heavy atom. The Morgan fingerprint density at radius 3 is 2.48 bits per heavy atom. The molecule has 0 spiro atoms. The van der Waals surface area contributed by atoms with Gasteiger partial charge >= 0.3 is 0 Å². The average Bonchev–Trinajstić information content (AvgIpc) is 2.46. The van der Waals surface area contributed by atoms with Gasteiger partial charge in [-0.05, 0) is 30.2 Å². The molecule has 0 saturated carbocycles. The minimum atomic E-state index is -0.994. The molecule has 0 aromatic heterocycles. The SMILES string of the molecule is O=C(Cc1cccc(F)c1F)Nc1ccc(CCO)cc1.